The minimum atomic E-state index is -0.663. The molecule has 0 unspecified atom stereocenters. The van der Waals surface area contributed by atoms with E-state index in [4.69, 9.17) is 27.9 Å². The second-order valence-corrected chi connectivity index (χ2v) is 8.64. The monoisotopic (exact) mass is 480 g/mol. The first-order valence-electron chi connectivity index (χ1n) is 10.3. The van der Waals surface area contributed by atoms with Crippen LogP contribution in [0, 0.1) is 13.8 Å². The van der Waals surface area contributed by atoms with Crippen molar-refractivity contribution in [2.45, 2.75) is 20.8 Å². The minimum Gasteiger partial charge on any atom is -0.465 e. The van der Waals surface area contributed by atoms with Crippen molar-refractivity contribution in [3.63, 3.8) is 0 Å². The largest absolute Gasteiger partial charge is 0.465 e. The second kappa shape index (κ2) is 8.93. The number of nitrogens with zero attached hydrogens (tertiary/aromatic N) is 2. The summed E-state index contributed by atoms with van der Waals surface area (Å²) in [4.78, 5) is 27.5. The Morgan fingerprint density at radius 3 is 2.27 bits per heavy atom. The SMILES string of the molecule is COC(=O)C1=C(C)N(c2ccc(Cl)cc2)/C(=C\c2cc(C)n(-c3cccc(Cl)c3)c2C)C1=O. The van der Waals surface area contributed by atoms with E-state index in [1.54, 1.807) is 30.0 Å². The smallest absolute Gasteiger partial charge is 0.343 e. The standard InChI is InChI=1S/C26H22Cl2N2O3/c1-15-12-18(16(2)29(15)22-7-5-6-20(28)14-22)13-23-25(31)24(26(32)33-4)17(3)30(23)21-10-8-19(27)9-11-21/h5-14H,1-4H3/b23-13-. The molecule has 0 spiro atoms. The van der Waals surface area contributed by atoms with Crippen molar-refractivity contribution in [3.8, 4) is 5.69 Å². The summed E-state index contributed by atoms with van der Waals surface area (Å²) in [5, 5.41) is 1.22. The number of Topliss-reactive ketones (excluding diaryl/α,β-unsaturated/α-hetero) is 1. The number of esters is 1. The first-order chi connectivity index (χ1) is 15.7. The minimum absolute atomic E-state index is 0.0161. The third-order valence-electron chi connectivity index (χ3n) is 5.70. The summed E-state index contributed by atoms with van der Waals surface area (Å²) in [5.41, 5.74) is 5.32. The molecule has 2 heterocycles. The molecule has 7 heteroatoms. The molecule has 33 heavy (non-hydrogen) atoms. The number of carbonyl (C=O) groups excluding carboxylic acids is 2. The van der Waals surface area contributed by atoms with Gasteiger partial charge in [-0.2, -0.15) is 0 Å². The van der Waals surface area contributed by atoms with Gasteiger partial charge in [0.2, 0.25) is 5.78 Å². The van der Waals surface area contributed by atoms with Gasteiger partial charge >= 0.3 is 5.97 Å². The molecule has 2 aromatic carbocycles. The van der Waals surface area contributed by atoms with Gasteiger partial charge in [0.05, 0.1) is 12.8 Å². The highest BCUT2D eigenvalue weighted by molar-refractivity contribution is 6.31. The molecule has 0 saturated carbocycles. The number of ketones is 1. The molecule has 0 radical (unpaired) electrons. The molecular weight excluding hydrogens is 459 g/mol. The molecule has 0 fully saturated rings. The summed E-state index contributed by atoms with van der Waals surface area (Å²) in [6.45, 7) is 5.70. The number of methoxy groups -OCH3 is 1. The lowest BCUT2D eigenvalue weighted by molar-refractivity contribution is -0.137. The number of anilines is 1. The summed E-state index contributed by atoms with van der Waals surface area (Å²) in [5.74, 6) is -1.05. The molecule has 0 atom stereocenters. The molecule has 1 aliphatic heterocycles. The van der Waals surface area contributed by atoms with Crippen molar-refractivity contribution in [1.29, 1.82) is 0 Å². The average Bonchev–Trinajstić information content (AvgIpc) is 3.20. The van der Waals surface area contributed by atoms with E-state index in [1.165, 1.54) is 7.11 Å². The van der Waals surface area contributed by atoms with Crippen LogP contribution in [0.1, 0.15) is 23.9 Å². The summed E-state index contributed by atoms with van der Waals surface area (Å²) in [6, 6.07) is 16.7. The molecule has 1 aromatic heterocycles. The van der Waals surface area contributed by atoms with Crippen molar-refractivity contribution >= 4 is 46.7 Å². The van der Waals surface area contributed by atoms with Gasteiger partial charge in [-0.05, 0) is 80.9 Å². The van der Waals surface area contributed by atoms with Gasteiger partial charge in [-0.15, -0.1) is 0 Å². The molecule has 4 rings (SSSR count). The zero-order valence-corrected chi connectivity index (χ0v) is 20.2. The number of hydrogen-bond acceptors (Lipinski definition) is 4. The van der Waals surface area contributed by atoms with Gasteiger partial charge in [0.15, 0.2) is 0 Å². The Hall–Kier alpha value is -3.28. The predicted molar refractivity (Wildman–Crippen MR) is 132 cm³/mol. The summed E-state index contributed by atoms with van der Waals surface area (Å²) in [6.07, 6.45) is 1.81. The highest BCUT2D eigenvalue weighted by atomic mass is 35.5. The molecule has 0 N–H and O–H groups in total. The zero-order valence-electron chi connectivity index (χ0n) is 18.6. The van der Waals surface area contributed by atoms with Crippen LogP contribution in [0.5, 0.6) is 0 Å². The number of carbonyl (C=O) groups is 2. The number of rotatable bonds is 4. The van der Waals surface area contributed by atoms with Crippen molar-refractivity contribution < 1.29 is 14.3 Å². The topological polar surface area (TPSA) is 51.5 Å². The normalized spacial score (nSPS) is 15.0. The Morgan fingerprint density at radius 1 is 0.939 bits per heavy atom. The van der Waals surface area contributed by atoms with Gasteiger partial charge < -0.3 is 14.2 Å². The quantitative estimate of drug-likeness (QED) is 0.250. The predicted octanol–water partition coefficient (Wildman–Crippen LogP) is 6.28. The molecule has 5 nitrogen and oxygen atoms in total. The average molecular weight is 481 g/mol. The van der Waals surface area contributed by atoms with E-state index in [-0.39, 0.29) is 11.4 Å². The Bertz CT molecular complexity index is 1330. The van der Waals surface area contributed by atoms with Crippen LogP contribution in [0.3, 0.4) is 0 Å². The molecular formula is C26H22Cl2N2O3. The molecule has 0 saturated heterocycles. The van der Waals surface area contributed by atoms with Crippen LogP contribution in [0.4, 0.5) is 5.69 Å². The number of allylic oxidation sites excluding steroid dienone is 2. The fraction of sp³-hybridized carbons (Fsp3) is 0.154. The fourth-order valence-corrected chi connectivity index (χ4v) is 4.49. The van der Waals surface area contributed by atoms with E-state index in [0.717, 1.165) is 28.3 Å². The first-order valence-corrected chi connectivity index (χ1v) is 11.0. The van der Waals surface area contributed by atoms with Gasteiger partial charge in [-0.1, -0.05) is 29.3 Å². The third kappa shape index (κ3) is 4.10. The maximum atomic E-state index is 13.4. The van der Waals surface area contributed by atoms with Crippen LogP contribution in [0.15, 0.2) is 71.6 Å². The molecule has 0 amide bonds. The van der Waals surface area contributed by atoms with Gasteiger partial charge in [0, 0.05) is 38.5 Å². The van der Waals surface area contributed by atoms with Crippen LogP contribution in [0.2, 0.25) is 10.0 Å². The maximum Gasteiger partial charge on any atom is 0.343 e. The molecule has 0 aliphatic carbocycles. The first kappa shape index (κ1) is 22.9. The summed E-state index contributed by atoms with van der Waals surface area (Å²) in [7, 11) is 1.27. The van der Waals surface area contributed by atoms with Crippen LogP contribution < -0.4 is 4.90 Å². The molecule has 0 bridgehead atoms. The van der Waals surface area contributed by atoms with E-state index in [9.17, 15) is 9.59 Å². The van der Waals surface area contributed by atoms with Crippen molar-refractivity contribution in [3.05, 3.63) is 98.6 Å². The Labute approximate surface area is 202 Å². The lowest BCUT2D eigenvalue weighted by Crippen LogP contribution is -2.18. The van der Waals surface area contributed by atoms with Crippen molar-refractivity contribution in [2.24, 2.45) is 0 Å². The fourth-order valence-electron chi connectivity index (χ4n) is 4.18. The summed E-state index contributed by atoms with van der Waals surface area (Å²) < 4.78 is 6.96. The van der Waals surface area contributed by atoms with E-state index < -0.39 is 5.97 Å². The lowest BCUT2D eigenvalue weighted by Gasteiger charge is -2.21. The number of hydrogen-bond donors (Lipinski definition) is 0. The second-order valence-electron chi connectivity index (χ2n) is 7.76. The van der Waals surface area contributed by atoms with Crippen molar-refractivity contribution in [2.75, 3.05) is 12.0 Å². The van der Waals surface area contributed by atoms with Crippen molar-refractivity contribution in [1.82, 2.24) is 4.57 Å². The highest BCUT2D eigenvalue weighted by Crippen LogP contribution is 2.37. The molecule has 3 aromatic rings. The summed E-state index contributed by atoms with van der Waals surface area (Å²) >= 11 is 12.3. The Morgan fingerprint density at radius 2 is 1.64 bits per heavy atom. The van der Waals surface area contributed by atoms with E-state index in [1.807, 2.05) is 56.3 Å². The van der Waals surface area contributed by atoms with Gasteiger partial charge in [-0.25, -0.2) is 4.79 Å². The number of ether oxygens (including phenoxy) is 1. The number of aromatic nitrogens is 1. The van der Waals surface area contributed by atoms with Gasteiger partial charge in [0.1, 0.15) is 5.57 Å². The van der Waals surface area contributed by atoms with E-state index >= 15 is 0 Å². The van der Waals surface area contributed by atoms with E-state index in [0.29, 0.717) is 21.4 Å². The van der Waals surface area contributed by atoms with Crippen LogP contribution >= 0.6 is 23.2 Å². The third-order valence-corrected chi connectivity index (χ3v) is 6.19. The van der Waals surface area contributed by atoms with Crippen LogP contribution in [-0.2, 0) is 14.3 Å². The Kier molecular flexibility index (Phi) is 6.19. The molecule has 1 aliphatic rings. The highest BCUT2D eigenvalue weighted by Gasteiger charge is 2.38. The number of halogens is 2. The van der Waals surface area contributed by atoms with E-state index in [2.05, 4.69) is 4.57 Å². The van der Waals surface area contributed by atoms with Crippen LogP contribution in [-0.4, -0.2) is 23.4 Å². The number of benzene rings is 2. The van der Waals surface area contributed by atoms with Crippen LogP contribution in [0.25, 0.3) is 11.8 Å². The van der Waals surface area contributed by atoms with Gasteiger partial charge in [0.25, 0.3) is 0 Å². The number of aryl methyl sites for hydroxylation is 1. The van der Waals surface area contributed by atoms with Gasteiger partial charge in [-0.3, -0.25) is 4.79 Å². The lowest BCUT2D eigenvalue weighted by atomic mass is 10.1. The zero-order chi connectivity index (χ0) is 23.9. The Balaban J connectivity index is 1.87. The maximum absolute atomic E-state index is 13.4. The molecule has 168 valence electrons.